The Morgan fingerprint density at radius 2 is 1.95 bits per heavy atom. The van der Waals surface area contributed by atoms with Gasteiger partial charge < -0.3 is 18.7 Å². The van der Waals surface area contributed by atoms with Crippen LogP contribution in [0.15, 0.2) is 30.3 Å². The summed E-state index contributed by atoms with van der Waals surface area (Å²) in [4.78, 5) is 11.6. The van der Waals surface area contributed by atoms with E-state index in [1.54, 1.807) is 0 Å². The van der Waals surface area contributed by atoms with Crippen LogP contribution in [0.4, 0.5) is 0 Å². The number of likely N-dealkylation sites (N-methyl/N-ethyl adjacent to an activating group) is 1. The predicted octanol–water partition coefficient (Wildman–Crippen LogP) is 1.22. The second-order valence-electron chi connectivity index (χ2n) is 5.60. The molecular formula is C16H24NO4+. The average molecular weight is 294 g/mol. The van der Waals surface area contributed by atoms with Crippen molar-refractivity contribution in [1.82, 2.24) is 0 Å². The Morgan fingerprint density at radius 1 is 1.24 bits per heavy atom. The van der Waals surface area contributed by atoms with Crippen molar-refractivity contribution in [2.24, 2.45) is 0 Å². The molecule has 0 amide bonds. The first-order valence-corrected chi connectivity index (χ1v) is 7.37. The standard InChI is InChI=1S/C16H24NO4/c1-17(7-10-19-11-8-17)9-12-21-16(18)14-20-13-15-5-3-2-4-6-15/h2-6H,7-14H2,1H3/q+1. The van der Waals surface area contributed by atoms with Crippen molar-refractivity contribution in [3.05, 3.63) is 35.9 Å². The quantitative estimate of drug-likeness (QED) is 0.560. The van der Waals surface area contributed by atoms with Gasteiger partial charge in [-0.15, -0.1) is 0 Å². The summed E-state index contributed by atoms with van der Waals surface area (Å²) in [5.41, 5.74) is 1.05. The molecule has 2 rings (SSSR count). The summed E-state index contributed by atoms with van der Waals surface area (Å²) in [5, 5.41) is 0. The molecule has 1 saturated heterocycles. The SMILES string of the molecule is C[N+]1(CCOC(=O)COCc2ccccc2)CCOCC1. The molecule has 0 spiro atoms. The van der Waals surface area contributed by atoms with Crippen molar-refractivity contribution in [1.29, 1.82) is 0 Å². The Kier molecular flexibility index (Phi) is 6.17. The highest BCUT2D eigenvalue weighted by molar-refractivity contribution is 5.70. The molecule has 0 atom stereocenters. The molecule has 5 nitrogen and oxygen atoms in total. The maximum atomic E-state index is 11.6. The first-order chi connectivity index (χ1) is 10.2. The van der Waals surface area contributed by atoms with E-state index in [-0.39, 0.29) is 12.6 Å². The zero-order chi connectivity index (χ0) is 15.0. The van der Waals surface area contributed by atoms with Gasteiger partial charge in [0.1, 0.15) is 32.8 Å². The fourth-order valence-electron chi connectivity index (χ4n) is 2.26. The van der Waals surface area contributed by atoms with Crippen LogP contribution in [0.5, 0.6) is 0 Å². The number of carbonyl (C=O) groups is 1. The van der Waals surface area contributed by atoms with Crippen LogP contribution in [-0.2, 0) is 25.6 Å². The molecule has 0 unspecified atom stereocenters. The van der Waals surface area contributed by atoms with Crippen LogP contribution in [-0.4, -0.2) is 63.6 Å². The number of hydrogen-bond acceptors (Lipinski definition) is 4. The lowest BCUT2D eigenvalue weighted by Gasteiger charge is -2.37. The molecule has 1 aliphatic rings. The second-order valence-corrected chi connectivity index (χ2v) is 5.60. The fraction of sp³-hybridized carbons (Fsp3) is 0.562. The molecule has 116 valence electrons. The minimum Gasteiger partial charge on any atom is -0.458 e. The van der Waals surface area contributed by atoms with Crippen LogP contribution in [0.1, 0.15) is 5.56 Å². The van der Waals surface area contributed by atoms with Crippen LogP contribution in [0.2, 0.25) is 0 Å². The van der Waals surface area contributed by atoms with E-state index >= 15 is 0 Å². The number of esters is 1. The third-order valence-corrected chi connectivity index (χ3v) is 3.78. The van der Waals surface area contributed by atoms with Crippen LogP contribution in [0.3, 0.4) is 0 Å². The predicted molar refractivity (Wildman–Crippen MR) is 78.7 cm³/mol. The summed E-state index contributed by atoms with van der Waals surface area (Å²) in [6, 6.07) is 9.78. The molecule has 0 N–H and O–H groups in total. The van der Waals surface area contributed by atoms with E-state index in [1.807, 2.05) is 30.3 Å². The highest BCUT2D eigenvalue weighted by Gasteiger charge is 2.25. The molecule has 0 saturated carbocycles. The van der Waals surface area contributed by atoms with Gasteiger partial charge in [-0.25, -0.2) is 4.79 Å². The number of ether oxygens (including phenoxy) is 3. The third-order valence-electron chi connectivity index (χ3n) is 3.78. The normalized spacial score (nSPS) is 17.4. The number of hydrogen-bond donors (Lipinski definition) is 0. The molecule has 1 fully saturated rings. The van der Waals surface area contributed by atoms with E-state index in [0.29, 0.717) is 13.2 Å². The largest absolute Gasteiger partial charge is 0.458 e. The minimum absolute atomic E-state index is 0.00171. The Labute approximate surface area is 126 Å². The van der Waals surface area contributed by atoms with Gasteiger partial charge in [0.2, 0.25) is 0 Å². The molecule has 21 heavy (non-hydrogen) atoms. The third kappa shape index (κ3) is 5.83. The first kappa shape index (κ1) is 15.9. The van der Waals surface area contributed by atoms with Gasteiger partial charge in [-0.3, -0.25) is 0 Å². The monoisotopic (exact) mass is 294 g/mol. The Bertz CT molecular complexity index is 429. The molecule has 1 aromatic rings. The minimum atomic E-state index is -0.300. The number of rotatable bonds is 7. The van der Waals surface area contributed by atoms with Gasteiger partial charge in [-0.2, -0.15) is 0 Å². The number of morpholine rings is 1. The molecule has 0 aliphatic carbocycles. The van der Waals surface area contributed by atoms with Crippen molar-refractivity contribution in [3.63, 3.8) is 0 Å². The van der Waals surface area contributed by atoms with E-state index in [4.69, 9.17) is 14.2 Å². The molecular weight excluding hydrogens is 270 g/mol. The summed E-state index contributed by atoms with van der Waals surface area (Å²) < 4.78 is 16.8. The summed E-state index contributed by atoms with van der Waals surface area (Å²) in [7, 11) is 2.17. The Hall–Kier alpha value is -1.43. The van der Waals surface area contributed by atoms with E-state index in [0.717, 1.165) is 42.9 Å². The van der Waals surface area contributed by atoms with Gasteiger partial charge >= 0.3 is 5.97 Å². The Balaban J connectivity index is 1.57. The average Bonchev–Trinajstić information content (AvgIpc) is 2.49. The highest BCUT2D eigenvalue weighted by Crippen LogP contribution is 2.07. The van der Waals surface area contributed by atoms with E-state index in [2.05, 4.69) is 7.05 Å². The van der Waals surface area contributed by atoms with E-state index in [9.17, 15) is 4.79 Å². The van der Waals surface area contributed by atoms with Crippen molar-refractivity contribution in [3.8, 4) is 0 Å². The van der Waals surface area contributed by atoms with Crippen molar-refractivity contribution in [2.45, 2.75) is 6.61 Å². The lowest BCUT2D eigenvalue weighted by molar-refractivity contribution is -0.917. The molecule has 1 aliphatic heterocycles. The van der Waals surface area contributed by atoms with Crippen LogP contribution >= 0.6 is 0 Å². The lowest BCUT2D eigenvalue weighted by Crippen LogP contribution is -2.53. The smallest absolute Gasteiger partial charge is 0.332 e. The number of benzene rings is 1. The maximum absolute atomic E-state index is 11.6. The summed E-state index contributed by atoms with van der Waals surface area (Å²) in [5.74, 6) is -0.300. The Morgan fingerprint density at radius 3 is 2.67 bits per heavy atom. The van der Waals surface area contributed by atoms with Crippen molar-refractivity contribution < 1.29 is 23.5 Å². The van der Waals surface area contributed by atoms with Crippen LogP contribution in [0.25, 0.3) is 0 Å². The number of quaternary nitrogens is 1. The topological polar surface area (TPSA) is 44.8 Å². The lowest BCUT2D eigenvalue weighted by atomic mass is 10.2. The van der Waals surface area contributed by atoms with Gasteiger partial charge in [0, 0.05) is 0 Å². The van der Waals surface area contributed by atoms with E-state index in [1.165, 1.54) is 0 Å². The number of carbonyl (C=O) groups excluding carboxylic acids is 1. The van der Waals surface area contributed by atoms with Crippen molar-refractivity contribution >= 4 is 5.97 Å². The highest BCUT2D eigenvalue weighted by atomic mass is 16.6. The maximum Gasteiger partial charge on any atom is 0.332 e. The summed E-state index contributed by atoms with van der Waals surface area (Å²) in [6.45, 7) is 5.21. The second kappa shape index (κ2) is 8.12. The molecule has 5 heteroatoms. The zero-order valence-electron chi connectivity index (χ0n) is 12.6. The molecule has 0 bridgehead atoms. The molecule has 0 radical (unpaired) electrons. The fourth-order valence-corrected chi connectivity index (χ4v) is 2.26. The van der Waals surface area contributed by atoms with E-state index < -0.39 is 0 Å². The van der Waals surface area contributed by atoms with Crippen molar-refractivity contribution in [2.75, 3.05) is 53.1 Å². The molecule has 1 aromatic carbocycles. The van der Waals surface area contributed by atoms with Gasteiger partial charge in [0.15, 0.2) is 0 Å². The zero-order valence-corrected chi connectivity index (χ0v) is 12.6. The number of nitrogens with zero attached hydrogens (tertiary/aromatic N) is 1. The molecule has 0 aromatic heterocycles. The first-order valence-electron chi connectivity index (χ1n) is 7.37. The summed E-state index contributed by atoms with van der Waals surface area (Å²) >= 11 is 0. The van der Waals surface area contributed by atoms with Gasteiger partial charge in [0.05, 0.1) is 26.9 Å². The van der Waals surface area contributed by atoms with Gasteiger partial charge in [-0.05, 0) is 5.56 Å². The summed E-state index contributed by atoms with van der Waals surface area (Å²) in [6.07, 6.45) is 0. The van der Waals surface area contributed by atoms with Crippen LogP contribution < -0.4 is 0 Å². The van der Waals surface area contributed by atoms with Gasteiger partial charge in [0.25, 0.3) is 0 Å². The molecule has 1 heterocycles. The van der Waals surface area contributed by atoms with Crippen LogP contribution in [0, 0.1) is 0 Å². The van der Waals surface area contributed by atoms with Gasteiger partial charge in [-0.1, -0.05) is 30.3 Å².